The number of carbonyl (C=O) groups is 2. The van der Waals surface area contributed by atoms with Crippen molar-refractivity contribution < 1.29 is 9.59 Å². The standard InChI is InChI=1S/C19H21BrN4O2/c1-3-10-21-18(25)19(26)24-22-12-14-11-15(20)8-9-17(14)23-16-7-5-4-6-13(16)2/h4-9,11-12,23H,3,10H2,1-2H3,(H,21,25)(H,24,26)/b22-12-. The fourth-order valence-corrected chi connectivity index (χ4v) is 2.52. The lowest BCUT2D eigenvalue weighted by molar-refractivity contribution is -0.139. The third-order valence-electron chi connectivity index (χ3n) is 3.54. The van der Waals surface area contributed by atoms with Gasteiger partial charge in [0, 0.05) is 28.0 Å². The summed E-state index contributed by atoms with van der Waals surface area (Å²) in [7, 11) is 0. The topological polar surface area (TPSA) is 82.6 Å². The molecule has 6 nitrogen and oxygen atoms in total. The minimum atomic E-state index is -0.793. The maximum atomic E-state index is 11.7. The van der Waals surface area contributed by atoms with E-state index in [0.29, 0.717) is 6.54 Å². The zero-order valence-electron chi connectivity index (χ0n) is 14.7. The highest BCUT2D eigenvalue weighted by Crippen LogP contribution is 2.25. The molecule has 2 aromatic rings. The molecule has 2 aromatic carbocycles. The molecule has 2 rings (SSSR count). The van der Waals surface area contributed by atoms with Crippen molar-refractivity contribution in [1.82, 2.24) is 10.7 Å². The lowest BCUT2D eigenvalue weighted by atomic mass is 10.1. The molecule has 2 amide bonds. The normalized spacial score (nSPS) is 10.6. The summed E-state index contributed by atoms with van der Waals surface area (Å²) in [6, 6.07) is 13.6. The summed E-state index contributed by atoms with van der Waals surface area (Å²) in [6.07, 6.45) is 2.25. The number of anilines is 2. The number of nitrogens with zero attached hydrogens (tertiary/aromatic N) is 1. The Morgan fingerprint density at radius 2 is 1.88 bits per heavy atom. The molecule has 0 radical (unpaired) electrons. The van der Waals surface area contributed by atoms with Crippen LogP contribution < -0.4 is 16.1 Å². The Balaban J connectivity index is 2.11. The monoisotopic (exact) mass is 416 g/mol. The maximum absolute atomic E-state index is 11.7. The number of carbonyl (C=O) groups excluding carboxylic acids is 2. The Morgan fingerprint density at radius 1 is 1.12 bits per heavy atom. The molecule has 0 fully saturated rings. The first-order chi connectivity index (χ1) is 12.5. The van der Waals surface area contributed by atoms with E-state index in [1.54, 1.807) is 0 Å². The number of para-hydroxylation sites is 1. The van der Waals surface area contributed by atoms with Crippen LogP contribution in [0.1, 0.15) is 24.5 Å². The van der Waals surface area contributed by atoms with Gasteiger partial charge in [-0.15, -0.1) is 0 Å². The van der Waals surface area contributed by atoms with Crippen LogP contribution in [0.5, 0.6) is 0 Å². The number of halogens is 1. The van der Waals surface area contributed by atoms with Gasteiger partial charge in [-0.2, -0.15) is 5.10 Å². The summed E-state index contributed by atoms with van der Waals surface area (Å²) in [6.45, 7) is 4.38. The summed E-state index contributed by atoms with van der Waals surface area (Å²) < 4.78 is 0.876. The molecule has 0 atom stereocenters. The first-order valence-corrected chi connectivity index (χ1v) is 9.04. The number of hydrogen-bond acceptors (Lipinski definition) is 4. The van der Waals surface area contributed by atoms with E-state index in [0.717, 1.165) is 33.4 Å². The number of aryl methyl sites for hydroxylation is 1. The largest absolute Gasteiger partial charge is 0.355 e. The van der Waals surface area contributed by atoms with Crippen LogP contribution in [0, 0.1) is 6.92 Å². The van der Waals surface area contributed by atoms with Crippen LogP contribution in [0.2, 0.25) is 0 Å². The number of hydrogen-bond donors (Lipinski definition) is 3. The van der Waals surface area contributed by atoms with Crippen molar-refractivity contribution in [2.45, 2.75) is 20.3 Å². The van der Waals surface area contributed by atoms with Gasteiger partial charge < -0.3 is 10.6 Å². The lowest BCUT2D eigenvalue weighted by Crippen LogP contribution is -2.38. The van der Waals surface area contributed by atoms with Crippen LogP contribution in [-0.4, -0.2) is 24.6 Å². The van der Waals surface area contributed by atoms with E-state index in [-0.39, 0.29) is 0 Å². The summed E-state index contributed by atoms with van der Waals surface area (Å²) in [5.74, 6) is -1.49. The fourth-order valence-electron chi connectivity index (χ4n) is 2.14. The zero-order valence-corrected chi connectivity index (χ0v) is 16.3. The number of amides is 2. The Hall–Kier alpha value is -2.67. The highest BCUT2D eigenvalue weighted by Gasteiger charge is 2.11. The van der Waals surface area contributed by atoms with Gasteiger partial charge in [0.15, 0.2) is 0 Å². The third kappa shape index (κ3) is 5.70. The summed E-state index contributed by atoms with van der Waals surface area (Å²) in [5, 5.41) is 9.74. The van der Waals surface area contributed by atoms with Gasteiger partial charge in [0.05, 0.1) is 6.21 Å². The van der Waals surface area contributed by atoms with Gasteiger partial charge in [0.25, 0.3) is 0 Å². The van der Waals surface area contributed by atoms with E-state index in [2.05, 4.69) is 37.1 Å². The molecule has 0 aliphatic rings. The second-order valence-electron chi connectivity index (χ2n) is 5.63. The van der Waals surface area contributed by atoms with Gasteiger partial charge in [0.2, 0.25) is 0 Å². The van der Waals surface area contributed by atoms with E-state index < -0.39 is 11.8 Å². The van der Waals surface area contributed by atoms with Gasteiger partial charge in [0.1, 0.15) is 0 Å². The molecular weight excluding hydrogens is 396 g/mol. The zero-order chi connectivity index (χ0) is 18.9. The lowest BCUT2D eigenvalue weighted by Gasteiger charge is -2.12. The second kappa shape index (κ2) is 9.72. The van der Waals surface area contributed by atoms with Crippen molar-refractivity contribution in [3.8, 4) is 0 Å². The van der Waals surface area contributed by atoms with Crippen molar-refractivity contribution in [2.75, 3.05) is 11.9 Å². The molecule has 0 spiro atoms. The van der Waals surface area contributed by atoms with Crippen LogP contribution in [-0.2, 0) is 9.59 Å². The minimum Gasteiger partial charge on any atom is -0.355 e. The van der Waals surface area contributed by atoms with Crippen molar-refractivity contribution in [1.29, 1.82) is 0 Å². The van der Waals surface area contributed by atoms with Crippen LogP contribution in [0.4, 0.5) is 11.4 Å². The molecule has 7 heteroatoms. The number of rotatable bonds is 6. The number of benzene rings is 2. The van der Waals surface area contributed by atoms with E-state index in [9.17, 15) is 9.59 Å². The van der Waals surface area contributed by atoms with Crippen LogP contribution >= 0.6 is 15.9 Å². The average molecular weight is 417 g/mol. The second-order valence-corrected chi connectivity index (χ2v) is 6.54. The highest BCUT2D eigenvalue weighted by atomic mass is 79.9. The van der Waals surface area contributed by atoms with Crippen molar-refractivity contribution in [3.05, 3.63) is 58.1 Å². The molecule has 26 heavy (non-hydrogen) atoms. The van der Waals surface area contributed by atoms with Gasteiger partial charge in [-0.25, -0.2) is 5.43 Å². The molecule has 0 saturated heterocycles. The van der Waals surface area contributed by atoms with Gasteiger partial charge >= 0.3 is 11.8 Å². The van der Waals surface area contributed by atoms with E-state index >= 15 is 0 Å². The van der Waals surface area contributed by atoms with Crippen molar-refractivity contribution >= 4 is 45.3 Å². The first kappa shape index (κ1) is 19.7. The van der Waals surface area contributed by atoms with E-state index in [4.69, 9.17) is 0 Å². The van der Waals surface area contributed by atoms with Crippen molar-refractivity contribution in [3.63, 3.8) is 0 Å². The van der Waals surface area contributed by atoms with Crippen LogP contribution in [0.25, 0.3) is 0 Å². The summed E-state index contributed by atoms with van der Waals surface area (Å²) in [5.41, 5.74) is 5.92. The highest BCUT2D eigenvalue weighted by molar-refractivity contribution is 9.10. The van der Waals surface area contributed by atoms with Gasteiger partial charge in [-0.1, -0.05) is 41.1 Å². The van der Waals surface area contributed by atoms with Crippen molar-refractivity contribution in [2.24, 2.45) is 5.10 Å². The summed E-state index contributed by atoms with van der Waals surface area (Å²) in [4.78, 5) is 23.2. The molecule has 0 aliphatic carbocycles. The van der Waals surface area contributed by atoms with E-state index in [1.807, 2.05) is 56.3 Å². The first-order valence-electron chi connectivity index (χ1n) is 8.24. The van der Waals surface area contributed by atoms with Crippen LogP contribution in [0.3, 0.4) is 0 Å². The number of hydrazone groups is 1. The maximum Gasteiger partial charge on any atom is 0.329 e. The minimum absolute atomic E-state index is 0.450. The Bertz CT molecular complexity index is 821. The summed E-state index contributed by atoms with van der Waals surface area (Å²) >= 11 is 3.43. The molecule has 0 bridgehead atoms. The molecule has 0 saturated carbocycles. The molecule has 136 valence electrons. The predicted octanol–water partition coefficient (Wildman–Crippen LogP) is 3.48. The Kier molecular flexibility index (Phi) is 7.35. The van der Waals surface area contributed by atoms with Gasteiger partial charge in [-0.05, 0) is 43.2 Å². The Labute approximate surface area is 161 Å². The molecule has 0 aromatic heterocycles. The average Bonchev–Trinajstić information content (AvgIpc) is 2.63. The van der Waals surface area contributed by atoms with Gasteiger partial charge in [-0.3, -0.25) is 9.59 Å². The predicted molar refractivity (Wildman–Crippen MR) is 108 cm³/mol. The smallest absolute Gasteiger partial charge is 0.329 e. The Morgan fingerprint density at radius 3 is 2.62 bits per heavy atom. The van der Waals surface area contributed by atoms with E-state index in [1.165, 1.54) is 6.21 Å². The molecule has 3 N–H and O–H groups in total. The molecule has 0 heterocycles. The fraction of sp³-hybridized carbons (Fsp3) is 0.211. The SMILES string of the molecule is CCCNC(=O)C(=O)N/N=C\c1cc(Br)ccc1Nc1ccccc1C. The number of nitrogens with one attached hydrogen (secondary N) is 3. The molecule has 0 aliphatic heterocycles. The molecule has 0 unspecified atom stereocenters. The van der Waals surface area contributed by atoms with Crippen LogP contribution in [0.15, 0.2) is 52.0 Å². The molecular formula is C19H21BrN4O2. The quantitative estimate of drug-likeness (QED) is 0.382. The third-order valence-corrected chi connectivity index (χ3v) is 4.03.